The Morgan fingerprint density at radius 2 is 2.05 bits per heavy atom. The van der Waals surface area contributed by atoms with Gasteiger partial charge in [0.1, 0.15) is 0 Å². The Labute approximate surface area is 130 Å². The highest BCUT2D eigenvalue weighted by Gasteiger charge is 2.59. The maximum atomic E-state index is 4.25. The molecule has 4 unspecified atom stereocenters. The molecule has 0 heteroatoms. The third kappa shape index (κ3) is 1.68. The van der Waals surface area contributed by atoms with Crippen molar-refractivity contribution in [3.8, 4) is 0 Å². The molecule has 114 valence electrons. The lowest BCUT2D eigenvalue weighted by Crippen LogP contribution is -2.47. The van der Waals surface area contributed by atoms with Crippen molar-refractivity contribution in [2.75, 3.05) is 0 Å². The quantitative estimate of drug-likeness (QED) is 0.502. The molecular formula is C21H30. The zero-order valence-corrected chi connectivity index (χ0v) is 14.1. The SMILES string of the molecule is C=C(C)C1CCC2(C)C(=C(C)C=C3CCC4CCC32C4)C1. The minimum Gasteiger partial charge on any atom is -0.0998 e. The first-order valence-electron chi connectivity index (χ1n) is 9.03. The third-order valence-corrected chi connectivity index (χ3v) is 7.78. The fraction of sp³-hybridized carbons (Fsp3) is 0.714. The lowest BCUT2D eigenvalue weighted by atomic mass is 9.47. The van der Waals surface area contributed by atoms with E-state index in [0.717, 1.165) is 11.8 Å². The molecule has 0 radical (unpaired) electrons. The van der Waals surface area contributed by atoms with Crippen LogP contribution < -0.4 is 0 Å². The van der Waals surface area contributed by atoms with Gasteiger partial charge in [-0.25, -0.2) is 0 Å². The molecule has 0 nitrogen and oxygen atoms in total. The molecule has 0 aromatic rings. The number of hydrogen-bond acceptors (Lipinski definition) is 0. The normalized spacial score (nSPS) is 45.0. The lowest BCUT2D eigenvalue weighted by Gasteiger charge is -2.57. The van der Waals surface area contributed by atoms with Gasteiger partial charge in [-0.2, -0.15) is 0 Å². The van der Waals surface area contributed by atoms with E-state index < -0.39 is 0 Å². The van der Waals surface area contributed by atoms with Crippen LogP contribution in [0.2, 0.25) is 0 Å². The van der Waals surface area contributed by atoms with E-state index in [1.807, 2.05) is 5.57 Å². The first kappa shape index (κ1) is 13.9. The molecule has 3 fully saturated rings. The van der Waals surface area contributed by atoms with E-state index in [2.05, 4.69) is 33.4 Å². The van der Waals surface area contributed by atoms with E-state index in [1.54, 1.807) is 11.1 Å². The zero-order chi connectivity index (χ0) is 14.8. The van der Waals surface area contributed by atoms with Crippen LogP contribution in [0.3, 0.4) is 0 Å². The molecule has 0 aliphatic heterocycles. The first-order valence-corrected chi connectivity index (χ1v) is 9.03. The van der Waals surface area contributed by atoms with Gasteiger partial charge in [0.25, 0.3) is 0 Å². The van der Waals surface area contributed by atoms with Crippen LogP contribution >= 0.6 is 0 Å². The Morgan fingerprint density at radius 3 is 2.81 bits per heavy atom. The maximum absolute atomic E-state index is 4.25. The van der Waals surface area contributed by atoms with Crippen molar-refractivity contribution < 1.29 is 0 Å². The van der Waals surface area contributed by atoms with Crippen molar-refractivity contribution in [1.29, 1.82) is 0 Å². The van der Waals surface area contributed by atoms with Gasteiger partial charge in [0, 0.05) is 5.41 Å². The Kier molecular flexibility index (Phi) is 2.88. The fourth-order valence-electron chi connectivity index (χ4n) is 6.43. The van der Waals surface area contributed by atoms with Crippen molar-refractivity contribution >= 4 is 0 Å². The molecule has 4 atom stereocenters. The highest BCUT2D eigenvalue weighted by Crippen LogP contribution is 2.70. The summed E-state index contributed by atoms with van der Waals surface area (Å²) in [7, 11) is 0. The van der Waals surface area contributed by atoms with E-state index in [-0.39, 0.29) is 0 Å². The third-order valence-electron chi connectivity index (χ3n) is 7.78. The topological polar surface area (TPSA) is 0 Å². The summed E-state index contributed by atoms with van der Waals surface area (Å²) >= 11 is 0. The summed E-state index contributed by atoms with van der Waals surface area (Å²) in [6.45, 7) is 11.5. The highest BCUT2D eigenvalue weighted by molar-refractivity contribution is 5.46. The molecule has 4 aliphatic rings. The molecular weight excluding hydrogens is 252 g/mol. The van der Waals surface area contributed by atoms with Crippen molar-refractivity contribution in [2.24, 2.45) is 22.7 Å². The summed E-state index contributed by atoms with van der Waals surface area (Å²) in [5, 5.41) is 0. The average Bonchev–Trinajstić information content (AvgIpc) is 2.80. The van der Waals surface area contributed by atoms with E-state index >= 15 is 0 Å². The molecule has 21 heavy (non-hydrogen) atoms. The summed E-state index contributed by atoms with van der Waals surface area (Å²) in [6, 6.07) is 0. The van der Waals surface area contributed by atoms with E-state index in [4.69, 9.17) is 0 Å². The second kappa shape index (κ2) is 4.37. The molecule has 3 saturated carbocycles. The van der Waals surface area contributed by atoms with Crippen molar-refractivity contribution in [3.05, 3.63) is 34.9 Å². The van der Waals surface area contributed by atoms with Gasteiger partial charge in [0.2, 0.25) is 0 Å². The zero-order valence-electron chi connectivity index (χ0n) is 14.1. The first-order chi connectivity index (χ1) is 9.96. The van der Waals surface area contributed by atoms with Crippen LogP contribution in [-0.4, -0.2) is 0 Å². The Bertz CT molecular complexity index is 561. The van der Waals surface area contributed by atoms with E-state index in [1.165, 1.54) is 56.9 Å². The van der Waals surface area contributed by atoms with Crippen LogP contribution in [0.25, 0.3) is 0 Å². The molecule has 1 spiro atoms. The molecule has 0 heterocycles. The second-order valence-electron chi connectivity index (χ2n) is 8.68. The van der Waals surface area contributed by atoms with E-state index in [9.17, 15) is 0 Å². The van der Waals surface area contributed by atoms with Crippen LogP contribution in [0.1, 0.15) is 72.1 Å². The molecule has 2 bridgehead atoms. The smallest absolute Gasteiger partial charge is 0.000897 e. The van der Waals surface area contributed by atoms with Gasteiger partial charge in [0.05, 0.1) is 0 Å². The molecule has 4 aliphatic carbocycles. The van der Waals surface area contributed by atoms with Gasteiger partial charge in [-0.3, -0.25) is 0 Å². The Morgan fingerprint density at radius 1 is 1.24 bits per heavy atom. The summed E-state index contributed by atoms with van der Waals surface area (Å²) in [5.41, 5.74) is 7.64. The van der Waals surface area contributed by atoms with Crippen LogP contribution in [0.4, 0.5) is 0 Å². The maximum Gasteiger partial charge on any atom is 0.000897 e. The Balaban J connectivity index is 1.82. The summed E-state index contributed by atoms with van der Waals surface area (Å²) < 4.78 is 0. The van der Waals surface area contributed by atoms with Gasteiger partial charge in [0.15, 0.2) is 0 Å². The van der Waals surface area contributed by atoms with Crippen LogP contribution in [0, 0.1) is 22.7 Å². The number of allylic oxidation sites excluding steroid dienone is 5. The Hall–Kier alpha value is -0.780. The summed E-state index contributed by atoms with van der Waals surface area (Å²) in [5.74, 6) is 1.76. The molecule has 0 saturated heterocycles. The molecule has 4 rings (SSSR count). The standard InChI is InChI=1S/C21H30/c1-14(2)17-8-9-20(4)19(12-17)15(3)11-18-6-5-16-7-10-21(18,20)13-16/h11,16-17H,1,5-10,12-13H2,2-4H3. The van der Waals surface area contributed by atoms with Gasteiger partial charge in [-0.15, -0.1) is 0 Å². The predicted molar refractivity (Wildman–Crippen MR) is 90.1 cm³/mol. The number of hydrogen-bond donors (Lipinski definition) is 0. The minimum atomic E-state index is 0.461. The van der Waals surface area contributed by atoms with Gasteiger partial charge >= 0.3 is 0 Å². The van der Waals surface area contributed by atoms with Crippen LogP contribution in [-0.2, 0) is 0 Å². The van der Waals surface area contributed by atoms with Gasteiger partial charge in [-0.05, 0) is 82.5 Å². The van der Waals surface area contributed by atoms with Crippen LogP contribution in [0.15, 0.2) is 34.9 Å². The van der Waals surface area contributed by atoms with Crippen molar-refractivity contribution in [3.63, 3.8) is 0 Å². The summed E-state index contributed by atoms with van der Waals surface area (Å²) in [6.07, 6.45) is 13.9. The fourth-order valence-corrected chi connectivity index (χ4v) is 6.43. The largest absolute Gasteiger partial charge is 0.0998 e. The lowest BCUT2D eigenvalue weighted by molar-refractivity contribution is 0.0691. The monoisotopic (exact) mass is 282 g/mol. The predicted octanol–water partition coefficient (Wildman–Crippen LogP) is 6.21. The summed E-state index contributed by atoms with van der Waals surface area (Å²) in [4.78, 5) is 0. The van der Waals surface area contributed by atoms with Crippen molar-refractivity contribution in [2.45, 2.75) is 72.1 Å². The highest BCUT2D eigenvalue weighted by atomic mass is 14.6. The minimum absolute atomic E-state index is 0.461. The molecule has 0 amide bonds. The van der Waals surface area contributed by atoms with E-state index in [0.29, 0.717) is 10.8 Å². The molecule has 0 aromatic heterocycles. The second-order valence-corrected chi connectivity index (χ2v) is 8.68. The van der Waals surface area contributed by atoms with Gasteiger partial charge in [-0.1, -0.05) is 41.9 Å². The number of fused-ring (bicyclic) bond motifs is 2. The van der Waals surface area contributed by atoms with Gasteiger partial charge < -0.3 is 0 Å². The van der Waals surface area contributed by atoms with Crippen LogP contribution in [0.5, 0.6) is 0 Å². The van der Waals surface area contributed by atoms with Crippen molar-refractivity contribution in [1.82, 2.24) is 0 Å². The molecule has 0 aromatic carbocycles. The number of rotatable bonds is 1. The molecule has 0 N–H and O–H groups in total. The average molecular weight is 282 g/mol.